The van der Waals surface area contributed by atoms with Crippen molar-refractivity contribution in [2.75, 3.05) is 20.2 Å². The zero-order chi connectivity index (χ0) is 16.8. The van der Waals surface area contributed by atoms with Crippen LogP contribution in [0.25, 0.3) is 10.4 Å². The van der Waals surface area contributed by atoms with Gasteiger partial charge in [-0.3, -0.25) is 4.79 Å². The number of methoxy groups -OCH3 is 1. The van der Waals surface area contributed by atoms with Crippen LogP contribution in [0.4, 0.5) is 0 Å². The number of ether oxygens (including phenoxy) is 1. The molecule has 23 heavy (non-hydrogen) atoms. The largest absolute Gasteiger partial charge is 0.497 e. The molecule has 0 bridgehead atoms. The second-order valence-corrected chi connectivity index (χ2v) is 5.44. The fraction of sp³-hybridized carbons (Fsp3) is 0.467. The molecule has 8 nitrogen and oxygen atoms in total. The average Bonchev–Trinajstić information content (AvgIpc) is 2.91. The molecular weight excluding hydrogens is 300 g/mol. The smallest absolute Gasteiger partial charge is 0.326 e. The molecule has 2 rings (SSSR count). The van der Waals surface area contributed by atoms with Crippen molar-refractivity contribution >= 4 is 11.9 Å². The van der Waals surface area contributed by atoms with E-state index in [-0.39, 0.29) is 31.2 Å². The highest BCUT2D eigenvalue weighted by atomic mass is 16.5. The third kappa shape index (κ3) is 4.14. The number of carbonyl (C=O) groups excluding carboxylic acids is 1. The van der Waals surface area contributed by atoms with Crippen molar-refractivity contribution in [1.29, 1.82) is 0 Å². The second-order valence-electron chi connectivity index (χ2n) is 5.44. The molecule has 122 valence electrons. The van der Waals surface area contributed by atoms with E-state index in [1.807, 2.05) is 0 Å². The minimum atomic E-state index is -1.04. The van der Waals surface area contributed by atoms with E-state index >= 15 is 0 Å². The number of hydrogen-bond acceptors (Lipinski definition) is 4. The zero-order valence-corrected chi connectivity index (χ0v) is 12.8. The predicted octanol–water partition coefficient (Wildman–Crippen LogP) is 1.85. The number of carboxylic acids is 1. The van der Waals surface area contributed by atoms with Crippen LogP contribution in [0.5, 0.6) is 5.75 Å². The van der Waals surface area contributed by atoms with Crippen molar-refractivity contribution in [3.63, 3.8) is 0 Å². The molecule has 1 heterocycles. The van der Waals surface area contributed by atoms with E-state index in [1.54, 1.807) is 31.4 Å². The molecule has 1 unspecified atom stereocenters. The molecule has 1 aromatic rings. The quantitative estimate of drug-likeness (QED) is 0.469. The van der Waals surface area contributed by atoms with Gasteiger partial charge < -0.3 is 14.7 Å². The summed E-state index contributed by atoms with van der Waals surface area (Å²) in [5.41, 5.74) is 9.16. The number of nitrogens with zero attached hydrogens (tertiary/aromatic N) is 4. The Bertz CT molecular complexity index is 625. The van der Waals surface area contributed by atoms with Crippen molar-refractivity contribution in [3.8, 4) is 5.75 Å². The fourth-order valence-corrected chi connectivity index (χ4v) is 2.70. The number of carbonyl (C=O) groups is 2. The van der Waals surface area contributed by atoms with Crippen LogP contribution in [-0.2, 0) is 16.0 Å². The Morgan fingerprint density at radius 1 is 1.52 bits per heavy atom. The van der Waals surface area contributed by atoms with Gasteiger partial charge in [0.2, 0.25) is 5.91 Å². The number of hydrogen-bond donors (Lipinski definition) is 1. The number of benzene rings is 1. The molecule has 0 radical (unpaired) electrons. The highest BCUT2D eigenvalue weighted by Gasteiger charge is 2.37. The topological polar surface area (TPSA) is 116 Å². The van der Waals surface area contributed by atoms with E-state index in [0.717, 1.165) is 5.56 Å². The Balaban J connectivity index is 2.10. The molecule has 0 aromatic heterocycles. The maximum Gasteiger partial charge on any atom is 0.326 e. The van der Waals surface area contributed by atoms with Gasteiger partial charge in [0.05, 0.1) is 7.11 Å². The predicted molar refractivity (Wildman–Crippen MR) is 82.0 cm³/mol. The molecule has 0 aliphatic carbocycles. The summed E-state index contributed by atoms with van der Waals surface area (Å²) in [4.78, 5) is 27.7. The summed E-state index contributed by atoms with van der Waals surface area (Å²) in [6, 6.07) is 6.15. The lowest BCUT2D eigenvalue weighted by Gasteiger charge is -2.24. The van der Waals surface area contributed by atoms with Gasteiger partial charge >= 0.3 is 5.97 Å². The van der Waals surface area contributed by atoms with Crippen LogP contribution in [0.2, 0.25) is 0 Å². The summed E-state index contributed by atoms with van der Waals surface area (Å²) < 4.78 is 5.07. The standard InChI is InChI=1S/C15H18N4O4/c1-23-12-4-2-10(3-5-12)6-13(15(21)22)19-9-11(7-14(19)20)8-17-18-16/h2-5,11,13H,6-9H2,1H3,(H,21,22)/t11?,13-/m0/s1. The van der Waals surface area contributed by atoms with Crippen LogP contribution < -0.4 is 4.74 Å². The van der Waals surface area contributed by atoms with E-state index in [2.05, 4.69) is 10.0 Å². The Kier molecular flexibility index (Phi) is 5.43. The summed E-state index contributed by atoms with van der Waals surface area (Å²) in [5.74, 6) is -0.703. The molecule has 1 fully saturated rings. The first-order valence-electron chi connectivity index (χ1n) is 7.21. The van der Waals surface area contributed by atoms with E-state index in [9.17, 15) is 14.7 Å². The number of likely N-dealkylation sites (tertiary alicyclic amines) is 1. The lowest BCUT2D eigenvalue weighted by molar-refractivity contribution is -0.148. The summed E-state index contributed by atoms with van der Waals surface area (Å²) in [6.07, 6.45) is 0.435. The van der Waals surface area contributed by atoms with Gasteiger partial charge in [0, 0.05) is 30.8 Å². The van der Waals surface area contributed by atoms with Crippen molar-refractivity contribution in [2.24, 2.45) is 11.0 Å². The molecule has 1 amide bonds. The number of rotatable bonds is 7. The highest BCUT2D eigenvalue weighted by molar-refractivity contribution is 5.85. The van der Waals surface area contributed by atoms with Gasteiger partial charge in [-0.1, -0.05) is 17.2 Å². The normalized spacial score (nSPS) is 18.4. The van der Waals surface area contributed by atoms with Gasteiger partial charge in [-0.25, -0.2) is 4.79 Å². The van der Waals surface area contributed by atoms with E-state index in [4.69, 9.17) is 10.3 Å². The van der Waals surface area contributed by atoms with Crippen LogP contribution in [0, 0.1) is 5.92 Å². The Morgan fingerprint density at radius 3 is 2.78 bits per heavy atom. The molecule has 1 aliphatic heterocycles. The summed E-state index contributed by atoms with van der Waals surface area (Å²) in [5, 5.41) is 12.9. The lowest BCUT2D eigenvalue weighted by atomic mass is 10.0. The average molecular weight is 318 g/mol. The van der Waals surface area contributed by atoms with Crippen LogP contribution in [0.1, 0.15) is 12.0 Å². The molecule has 1 saturated heterocycles. The summed E-state index contributed by atoms with van der Waals surface area (Å²) >= 11 is 0. The fourth-order valence-electron chi connectivity index (χ4n) is 2.70. The van der Waals surface area contributed by atoms with Gasteiger partial charge in [-0.2, -0.15) is 0 Å². The van der Waals surface area contributed by atoms with Crippen LogP contribution in [0.3, 0.4) is 0 Å². The van der Waals surface area contributed by atoms with Crippen LogP contribution >= 0.6 is 0 Å². The second kappa shape index (κ2) is 7.51. The first-order valence-corrected chi connectivity index (χ1v) is 7.21. The van der Waals surface area contributed by atoms with Gasteiger partial charge in [0.1, 0.15) is 11.8 Å². The molecule has 0 saturated carbocycles. The number of azide groups is 1. The summed E-state index contributed by atoms with van der Waals surface area (Å²) in [7, 11) is 1.56. The molecule has 8 heteroatoms. The van der Waals surface area contributed by atoms with Gasteiger partial charge in [-0.15, -0.1) is 0 Å². The Labute approximate surface area is 133 Å². The third-order valence-electron chi connectivity index (χ3n) is 3.89. The SMILES string of the molecule is COc1ccc(C[C@@H](C(=O)O)N2CC(CN=[N+]=[N-])CC2=O)cc1. The van der Waals surface area contributed by atoms with Gasteiger partial charge in [-0.05, 0) is 29.1 Å². The van der Waals surface area contributed by atoms with Crippen LogP contribution in [0.15, 0.2) is 29.4 Å². The molecule has 1 aliphatic rings. The summed E-state index contributed by atoms with van der Waals surface area (Å²) in [6.45, 7) is 0.499. The first kappa shape index (κ1) is 16.6. The lowest BCUT2D eigenvalue weighted by Crippen LogP contribution is -2.43. The Morgan fingerprint density at radius 2 is 2.22 bits per heavy atom. The monoisotopic (exact) mass is 318 g/mol. The maximum atomic E-state index is 12.1. The van der Waals surface area contributed by atoms with Crippen molar-refractivity contribution in [3.05, 3.63) is 40.3 Å². The number of aliphatic carboxylic acids is 1. The number of amides is 1. The highest BCUT2D eigenvalue weighted by Crippen LogP contribution is 2.23. The van der Waals surface area contributed by atoms with Crippen molar-refractivity contribution in [1.82, 2.24) is 4.90 Å². The van der Waals surface area contributed by atoms with E-state index in [0.29, 0.717) is 12.3 Å². The van der Waals surface area contributed by atoms with Gasteiger partial charge in [0.15, 0.2) is 0 Å². The zero-order valence-electron chi connectivity index (χ0n) is 12.8. The van der Waals surface area contributed by atoms with Crippen molar-refractivity contribution in [2.45, 2.75) is 18.9 Å². The molecule has 0 spiro atoms. The van der Waals surface area contributed by atoms with E-state index in [1.165, 1.54) is 4.90 Å². The first-order chi connectivity index (χ1) is 11.0. The molecule has 1 N–H and O–H groups in total. The minimum absolute atomic E-state index is 0.129. The minimum Gasteiger partial charge on any atom is -0.497 e. The maximum absolute atomic E-state index is 12.1. The van der Waals surface area contributed by atoms with Crippen molar-refractivity contribution < 1.29 is 19.4 Å². The van der Waals surface area contributed by atoms with E-state index < -0.39 is 12.0 Å². The number of carboxylic acid groups (broad SMARTS) is 1. The van der Waals surface area contributed by atoms with Crippen LogP contribution in [-0.4, -0.2) is 48.1 Å². The van der Waals surface area contributed by atoms with Gasteiger partial charge in [0.25, 0.3) is 0 Å². The molecule has 1 aromatic carbocycles. The Hall–Kier alpha value is -2.73. The molecular formula is C15H18N4O4. The molecule has 2 atom stereocenters. The third-order valence-corrected chi connectivity index (χ3v) is 3.89.